The van der Waals surface area contributed by atoms with Crippen molar-refractivity contribution in [1.82, 2.24) is 4.90 Å². The quantitative estimate of drug-likeness (QED) is 0.869. The first-order valence-corrected chi connectivity index (χ1v) is 8.45. The highest BCUT2D eigenvalue weighted by Gasteiger charge is 2.23. The van der Waals surface area contributed by atoms with Crippen LogP contribution >= 0.6 is 11.3 Å². The van der Waals surface area contributed by atoms with Crippen LogP contribution in [0, 0.1) is 11.3 Å². The lowest BCUT2D eigenvalue weighted by molar-refractivity contribution is -0.120. The number of carbonyl (C=O) groups excluding carboxylic acids is 1. The van der Waals surface area contributed by atoms with Gasteiger partial charge in [0, 0.05) is 4.88 Å². The molecule has 1 unspecified atom stereocenters. The molecule has 1 N–H and O–H groups in total. The topological polar surface area (TPSA) is 56.1 Å². The highest BCUT2D eigenvalue weighted by molar-refractivity contribution is 7.16. The summed E-state index contributed by atoms with van der Waals surface area (Å²) in [5, 5.41) is 13.2. The Balaban J connectivity index is 2.21. The molecule has 21 heavy (non-hydrogen) atoms. The van der Waals surface area contributed by atoms with Crippen molar-refractivity contribution in [3.63, 3.8) is 0 Å². The molecule has 1 amide bonds. The van der Waals surface area contributed by atoms with Gasteiger partial charge in [0.1, 0.15) is 11.1 Å². The minimum atomic E-state index is -0.191. The first-order valence-electron chi connectivity index (χ1n) is 7.64. The van der Waals surface area contributed by atoms with Gasteiger partial charge in [-0.05, 0) is 51.8 Å². The van der Waals surface area contributed by atoms with Crippen LogP contribution in [-0.2, 0) is 17.6 Å². The van der Waals surface area contributed by atoms with Crippen molar-refractivity contribution in [2.45, 2.75) is 52.0 Å². The van der Waals surface area contributed by atoms with Crippen LogP contribution in [0.1, 0.15) is 49.1 Å². The van der Waals surface area contributed by atoms with Gasteiger partial charge in [0.05, 0.1) is 11.6 Å². The Hall–Kier alpha value is -1.38. The molecule has 0 aromatic carbocycles. The van der Waals surface area contributed by atoms with Crippen molar-refractivity contribution in [1.29, 1.82) is 5.26 Å². The highest BCUT2D eigenvalue weighted by atomic mass is 32.1. The van der Waals surface area contributed by atoms with Gasteiger partial charge in [-0.3, -0.25) is 9.69 Å². The number of amides is 1. The number of hydrogen-bond donors (Lipinski definition) is 1. The van der Waals surface area contributed by atoms with E-state index in [1.165, 1.54) is 23.3 Å². The molecular weight excluding hydrogens is 282 g/mol. The maximum Gasteiger partial charge on any atom is 0.242 e. The van der Waals surface area contributed by atoms with Gasteiger partial charge < -0.3 is 5.32 Å². The lowest BCUT2D eigenvalue weighted by Crippen LogP contribution is -2.39. The zero-order valence-corrected chi connectivity index (χ0v) is 13.8. The maximum atomic E-state index is 12.3. The normalized spacial score (nSPS) is 16.0. The van der Waals surface area contributed by atoms with Gasteiger partial charge in [0.25, 0.3) is 0 Å². The molecule has 0 fully saturated rings. The monoisotopic (exact) mass is 305 g/mol. The number of aryl methyl sites for hydroxylation is 1. The SMILES string of the molecule is CCN(C)C(C)C(=O)Nc1sc2c(c1C#N)CCCCC2. The number of fused-ring (bicyclic) bond motifs is 1. The third kappa shape index (κ3) is 3.45. The average molecular weight is 305 g/mol. The van der Waals surface area contributed by atoms with Crippen molar-refractivity contribution in [3.8, 4) is 6.07 Å². The van der Waals surface area contributed by atoms with Crippen molar-refractivity contribution in [2.24, 2.45) is 0 Å². The summed E-state index contributed by atoms with van der Waals surface area (Å²) in [6.45, 7) is 4.74. The van der Waals surface area contributed by atoms with Gasteiger partial charge in [-0.1, -0.05) is 13.3 Å². The van der Waals surface area contributed by atoms with Gasteiger partial charge in [0.15, 0.2) is 0 Å². The van der Waals surface area contributed by atoms with E-state index in [2.05, 4.69) is 11.4 Å². The Morgan fingerprint density at radius 1 is 1.43 bits per heavy atom. The summed E-state index contributed by atoms with van der Waals surface area (Å²) in [4.78, 5) is 15.6. The molecule has 0 spiro atoms. The average Bonchev–Trinajstić information content (AvgIpc) is 2.65. The molecule has 0 aliphatic heterocycles. The molecule has 1 aliphatic rings. The zero-order valence-electron chi connectivity index (χ0n) is 13.0. The highest BCUT2D eigenvalue weighted by Crippen LogP contribution is 2.37. The number of likely N-dealkylation sites (N-methyl/N-ethyl adjacent to an activating group) is 1. The first-order chi connectivity index (χ1) is 10.1. The van der Waals surface area contributed by atoms with E-state index in [4.69, 9.17) is 0 Å². The van der Waals surface area contributed by atoms with Gasteiger partial charge in [-0.2, -0.15) is 5.26 Å². The Morgan fingerprint density at radius 2 is 2.14 bits per heavy atom. The molecule has 0 saturated carbocycles. The van der Waals surface area contributed by atoms with Crippen LogP contribution < -0.4 is 5.32 Å². The van der Waals surface area contributed by atoms with Crippen molar-refractivity contribution >= 4 is 22.2 Å². The lowest BCUT2D eigenvalue weighted by Gasteiger charge is -2.21. The fourth-order valence-corrected chi connectivity index (χ4v) is 3.88. The van der Waals surface area contributed by atoms with Gasteiger partial charge in [0.2, 0.25) is 5.91 Å². The fraction of sp³-hybridized carbons (Fsp3) is 0.625. The minimum absolute atomic E-state index is 0.0349. The predicted molar refractivity (Wildman–Crippen MR) is 86.7 cm³/mol. The summed E-state index contributed by atoms with van der Waals surface area (Å²) >= 11 is 1.59. The number of hydrogen-bond acceptors (Lipinski definition) is 4. The number of carbonyl (C=O) groups is 1. The van der Waals surface area contributed by atoms with E-state index in [-0.39, 0.29) is 11.9 Å². The van der Waals surface area contributed by atoms with E-state index in [1.807, 2.05) is 25.8 Å². The molecule has 1 aromatic rings. The van der Waals surface area contributed by atoms with E-state index in [1.54, 1.807) is 11.3 Å². The summed E-state index contributed by atoms with van der Waals surface area (Å²) in [5.74, 6) is -0.0349. The Labute approximate surface area is 130 Å². The van der Waals surface area contributed by atoms with Gasteiger partial charge in [-0.25, -0.2) is 0 Å². The molecule has 0 saturated heterocycles. The second-order valence-corrected chi connectivity index (χ2v) is 6.72. The molecule has 4 nitrogen and oxygen atoms in total. The summed E-state index contributed by atoms with van der Waals surface area (Å²) in [7, 11) is 1.93. The summed E-state index contributed by atoms with van der Waals surface area (Å²) < 4.78 is 0. The predicted octanol–water partition coefficient (Wildman–Crippen LogP) is 3.17. The summed E-state index contributed by atoms with van der Waals surface area (Å²) in [5.41, 5.74) is 1.86. The maximum absolute atomic E-state index is 12.3. The van der Waals surface area contributed by atoms with Crippen LogP contribution in [0.25, 0.3) is 0 Å². The van der Waals surface area contributed by atoms with E-state index in [0.29, 0.717) is 5.56 Å². The van der Waals surface area contributed by atoms with Crippen LogP contribution in [-0.4, -0.2) is 30.4 Å². The number of nitrogens with zero attached hydrogens (tertiary/aromatic N) is 2. The Morgan fingerprint density at radius 3 is 2.81 bits per heavy atom. The summed E-state index contributed by atoms with van der Waals surface area (Å²) in [6, 6.07) is 2.11. The number of anilines is 1. The number of thiophene rings is 1. The first kappa shape index (κ1) is 16.0. The van der Waals surface area contributed by atoms with Crippen LogP contribution in [0.2, 0.25) is 0 Å². The molecule has 2 rings (SSSR count). The van der Waals surface area contributed by atoms with E-state index in [9.17, 15) is 10.1 Å². The molecule has 114 valence electrons. The smallest absolute Gasteiger partial charge is 0.242 e. The fourth-order valence-electron chi connectivity index (χ4n) is 2.64. The summed E-state index contributed by atoms with van der Waals surface area (Å²) in [6.07, 6.45) is 5.55. The lowest BCUT2D eigenvalue weighted by atomic mass is 10.1. The second-order valence-electron chi connectivity index (χ2n) is 5.62. The standard InChI is InChI=1S/C16H23N3OS/c1-4-19(3)11(2)15(20)18-16-13(10-17)12-8-6-5-7-9-14(12)21-16/h11H,4-9H2,1-3H3,(H,18,20). The van der Waals surface area contributed by atoms with Crippen molar-refractivity contribution < 1.29 is 4.79 Å². The third-order valence-corrected chi connectivity index (χ3v) is 5.52. The number of nitriles is 1. The van der Waals surface area contributed by atoms with Gasteiger partial charge in [-0.15, -0.1) is 11.3 Å². The number of nitrogens with one attached hydrogen (secondary N) is 1. The van der Waals surface area contributed by atoms with Crippen molar-refractivity contribution in [3.05, 3.63) is 16.0 Å². The molecule has 1 atom stereocenters. The van der Waals surface area contributed by atoms with Crippen LogP contribution in [0.5, 0.6) is 0 Å². The van der Waals surface area contributed by atoms with E-state index < -0.39 is 0 Å². The molecular formula is C16H23N3OS. The van der Waals surface area contributed by atoms with Crippen LogP contribution in [0.3, 0.4) is 0 Å². The molecule has 0 radical (unpaired) electrons. The molecule has 1 heterocycles. The van der Waals surface area contributed by atoms with Gasteiger partial charge >= 0.3 is 0 Å². The molecule has 5 heteroatoms. The zero-order chi connectivity index (χ0) is 15.4. The molecule has 1 aromatic heterocycles. The second kappa shape index (κ2) is 7.06. The van der Waals surface area contributed by atoms with Crippen LogP contribution in [0.15, 0.2) is 0 Å². The Bertz CT molecular complexity index is 559. The molecule has 0 bridgehead atoms. The van der Waals surface area contributed by atoms with E-state index in [0.717, 1.165) is 30.8 Å². The van der Waals surface area contributed by atoms with E-state index >= 15 is 0 Å². The largest absolute Gasteiger partial charge is 0.315 e. The molecule has 1 aliphatic carbocycles. The third-order valence-electron chi connectivity index (χ3n) is 4.31. The van der Waals surface area contributed by atoms with Crippen LogP contribution in [0.4, 0.5) is 5.00 Å². The minimum Gasteiger partial charge on any atom is -0.315 e. The number of rotatable bonds is 4. The Kier molecular flexibility index (Phi) is 5.38. The van der Waals surface area contributed by atoms with Crippen molar-refractivity contribution in [2.75, 3.05) is 18.9 Å².